The number of aromatic nitrogens is 1. The summed E-state index contributed by atoms with van der Waals surface area (Å²) in [7, 11) is 3.46. The summed E-state index contributed by atoms with van der Waals surface area (Å²) in [5, 5.41) is 6.66. The molecule has 1 heterocycles. The second-order valence-electron chi connectivity index (χ2n) is 4.12. The van der Waals surface area contributed by atoms with Crippen molar-refractivity contribution in [3.63, 3.8) is 0 Å². The van der Waals surface area contributed by atoms with Crippen molar-refractivity contribution in [2.24, 2.45) is 15.8 Å². The Kier molecular flexibility index (Phi) is 6.54. The van der Waals surface area contributed by atoms with Gasteiger partial charge in [0.1, 0.15) is 11.5 Å². The van der Waals surface area contributed by atoms with Crippen LogP contribution in [0.4, 0.5) is 0 Å². The lowest BCUT2D eigenvalue weighted by molar-refractivity contribution is 0.179. The van der Waals surface area contributed by atoms with E-state index >= 15 is 0 Å². The zero-order chi connectivity index (χ0) is 15.0. The van der Waals surface area contributed by atoms with Crippen LogP contribution in [0.5, 0.6) is 0 Å². The summed E-state index contributed by atoms with van der Waals surface area (Å²) in [6.07, 6.45) is -0.0239. The maximum absolute atomic E-state index is 5.99. The maximum Gasteiger partial charge on any atom is 0.145 e. The van der Waals surface area contributed by atoms with Crippen molar-refractivity contribution < 1.29 is 4.74 Å². The van der Waals surface area contributed by atoms with Crippen LogP contribution >= 0.6 is 0 Å². The summed E-state index contributed by atoms with van der Waals surface area (Å²) >= 11 is 0. The predicted molar refractivity (Wildman–Crippen MR) is 81.3 cm³/mol. The molecule has 20 heavy (non-hydrogen) atoms. The van der Waals surface area contributed by atoms with E-state index in [0.29, 0.717) is 19.1 Å². The molecule has 112 valence electrons. The molecule has 8 nitrogen and oxygen atoms in total. The molecule has 0 aliphatic carbocycles. The highest BCUT2D eigenvalue weighted by molar-refractivity contribution is 5.96. The maximum atomic E-state index is 5.99. The first-order valence-electron chi connectivity index (χ1n) is 6.26. The Bertz CT molecular complexity index is 455. The molecule has 1 aromatic heterocycles. The topological polar surface area (TPSA) is 101 Å². The van der Waals surface area contributed by atoms with E-state index in [9.17, 15) is 0 Å². The largest absolute Gasteiger partial charge is 0.382 e. The first-order valence-corrected chi connectivity index (χ1v) is 6.26. The van der Waals surface area contributed by atoms with Crippen molar-refractivity contribution in [3.8, 4) is 0 Å². The number of amidine groups is 1. The molecule has 1 unspecified atom stereocenters. The van der Waals surface area contributed by atoms with Gasteiger partial charge >= 0.3 is 0 Å². The van der Waals surface area contributed by atoms with Gasteiger partial charge in [-0.1, -0.05) is 0 Å². The van der Waals surface area contributed by atoms with E-state index in [0.717, 1.165) is 11.4 Å². The van der Waals surface area contributed by atoms with Gasteiger partial charge in [0.15, 0.2) is 0 Å². The first-order chi connectivity index (χ1) is 9.63. The number of aliphatic imine (C=N–C) groups is 1. The lowest BCUT2D eigenvalue weighted by Crippen LogP contribution is -2.37. The minimum absolute atomic E-state index is 0.0239. The van der Waals surface area contributed by atoms with E-state index in [4.69, 9.17) is 10.5 Å². The number of hydrogen-bond acceptors (Lipinski definition) is 6. The molecule has 0 amide bonds. The SMILES string of the molecule is C=NNC(C)NCN=C(N)c1ccc(COC)n1NC. The van der Waals surface area contributed by atoms with Crippen LogP contribution in [-0.4, -0.2) is 44.2 Å². The molecule has 0 aliphatic heterocycles. The Hall–Kier alpha value is -2.06. The molecule has 0 saturated carbocycles. The number of rotatable bonds is 9. The smallest absolute Gasteiger partial charge is 0.145 e. The fourth-order valence-corrected chi connectivity index (χ4v) is 1.73. The fourth-order valence-electron chi connectivity index (χ4n) is 1.73. The molecule has 5 N–H and O–H groups in total. The molecule has 0 aromatic carbocycles. The third kappa shape index (κ3) is 4.25. The first kappa shape index (κ1) is 16.0. The van der Waals surface area contributed by atoms with Crippen molar-refractivity contribution in [1.82, 2.24) is 15.4 Å². The summed E-state index contributed by atoms with van der Waals surface area (Å²) in [6, 6.07) is 3.84. The summed E-state index contributed by atoms with van der Waals surface area (Å²) in [4.78, 5) is 4.28. The van der Waals surface area contributed by atoms with E-state index in [2.05, 4.69) is 33.0 Å². The lowest BCUT2D eigenvalue weighted by atomic mass is 10.4. The normalized spacial score (nSPS) is 13.1. The second kappa shape index (κ2) is 8.18. The monoisotopic (exact) mass is 281 g/mol. The molecule has 8 heteroatoms. The summed E-state index contributed by atoms with van der Waals surface area (Å²) in [5.74, 6) is 0.438. The van der Waals surface area contributed by atoms with Crippen molar-refractivity contribution in [2.75, 3.05) is 26.3 Å². The Morgan fingerprint density at radius 2 is 2.30 bits per heavy atom. The molecule has 0 bridgehead atoms. The number of methoxy groups -OCH3 is 1. The molecule has 1 rings (SSSR count). The third-order valence-electron chi connectivity index (χ3n) is 2.67. The number of ether oxygens (including phenoxy) is 1. The Balaban J connectivity index is 2.70. The Morgan fingerprint density at radius 1 is 1.55 bits per heavy atom. The van der Waals surface area contributed by atoms with E-state index in [-0.39, 0.29) is 6.17 Å². The average molecular weight is 281 g/mol. The molecular formula is C12H23N7O. The summed E-state index contributed by atoms with van der Waals surface area (Å²) in [6.45, 7) is 6.14. The predicted octanol–water partition coefficient (Wildman–Crippen LogP) is -0.389. The van der Waals surface area contributed by atoms with E-state index in [1.807, 2.05) is 30.8 Å². The highest BCUT2D eigenvalue weighted by Crippen LogP contribution is 2.08. The minimum atomic E-state index is -0.0239. The molecule has 1 atom stereocenters. The van der Waals surface area contributed by atoms with Crippen molar-refractivity contribution in [1.29, 1.82) is 0 Å². The van der Waals surface area contributed by atoms with E-state index in [1.165, 1.54) is 0 Å². The number of nitrogens with two attached hydrogens (primary N) is 1. The van der Waals surface area contributed by atoms with Gasteiger partial charge in [-0.25, -0.2) is 0 Å². The van der Waals surface area contributed by atoms with Gasteiger partial charge in [0, 0.05) is 20.9 Å². The third-order valence-corrected chi connectivity index (χ3v) is 2.67. The van der Waals surface area contributed by atoms with Crippen LogP contribution in [-0.2, 0) is 11.3 Å². The molecular weight excluding hydrogens is 258 g/mol. The molecule has 0 aliphatic rings. The van der Waals surface area contributed by atoms with Gasteiger partial charge in [-0.05, 0) is 19.1 Å². The molecule has 0 radical (unpaired) electrons. The highest BCUT2D eigenvalue weighted by Gasteiger charge is 2.10. The van der Waals surface area contributed by atoms with Crippen LogP contribution in [0.2, 0.25) is 0 Å². The van der Waals surface area contributed by atoms with Gasteiger partial charge in [0.25, 0.3) is 0 Å². The van der Waals surface area contributed by atoms with Crippen molar-refractivity contribution >= 4 is 12.6 Å². The highest BCUT2D eigenvalue weighted by atomic mass is 16.5. The molecule has 0 spiro atoms. The van der Waals surface area contributed by atoms with Crippen molar-refractivity contribution in [2.45, 2.75) is 19.7 Å². The van der Waals surface area contributed by atoms with Gasteiger partial charge in [0.2, 0.25) is 0 Å². The number of nitrogens with one attached hydrogen (secondary N) is 3. The molecule has 1 aromatic rings. The number of hydrogen-bond donors (Lipinski definition) is 4. The Labute approximate surface area is 119 Å². The van der Waals surface area contributed by atoms with Crippen LogP contribution < -0.4 is 21.9 Å². The van der Waals surface area contributed by atoms with Crippen LogP contribution in [0.25, 0.3) is 0 Å². The minimum Gasteiger partial charge on any atom is -0.382 e. The van der Waals surface area contributed by atoms with Crippen LogP contribution in [0.3, 0.4) is 0 Å². The van der Waals surface area contributed by atoms with Gasteiger partial charge in [-0.3, -0.25) is 20.4 Å². The van der Waals surface area contributed by atoms with Gasteiger partial charge in [-0.2, -0.15) is 5.10 Å². The standard InChI is InChI=1S/C12H23N7O/c1-9(18-14-2)16-8-17-12(13)11-6-5-10(7-20-4)19(11)15-3/h5-6,9,15-16,18H,2,7-8H2,1,3-4H3,(H2,13,17). The average Bonchev–Trinajstić information content (AvgIpc) is 2.82. The van der Waals surface area contributed by atoms with Crippen LogP contribution in [0.1, 0.15) is 18.3 Å². The van der Waals surface area contributed by atoms with E-state index in [1.54, 1.807) is 7.11 Å². The summed E-state index contributed by atoms with van der Waals surface area (Å²) < 4.78 is 6.97. The van der Waals surface area contributed by atoms with Crippen molar-refractivity contribution in [3.05, 3.63) is 23.5 Å². The number of hydrazone groups is 1. The number of nitrogens with zero attached hydrogens (tertiary/aromatic N) is 3. The second-order valence-corrected chi connectivity index (χ2v) is 4.12. The Morgan fingerprint density at radius 3 is 2.90 bits per heavy atom. The lowest BCUT2D eigenvalue weighted by Gasteiger charge is -2.13. The van der Waals surface area contributed by atoms with Gasteiger partial charge < -0.3 is 15.9 Å². The molecule has 0 saturated heterocycles. The van der Waals surface area contributed by atoms with E-state index < -0.39 is 0 Å². The molecule has 0 fully saturated rings. The van der Waals surface area contributed by atoms with Crippen LogP contribution in [0, 0.1) is 0 Å². The van der Waals surface area contributed by atoms with Gasteiger partial charge in [0.05, 0.1) is 25.1 Å². The quantitative estimate of drug-likeness (QED) is 0.214. The van der Waals surface area contributed by atoms with Gasteiger partial charge in [-0.15, -0.1) is 0 Å². The zero-order valence-electron chi connectivity index (χ0n) is 12.2. The fraction of sp³-hybridized carbons (Fsp3) is 0.500. The zero-order valence-corrected chi connectivity index (χ0v) is 12.2. The summed E-state index contributed by atoms with van der Waals surface area (Å²) in [5.41, 5.74) is 13.6. The van der Waals surface area contributed by atoms with Crippen LogP contribution in [0.15, 0.2) is 22.2 Å².